The number of carboxylic acid groups (broad SMARTS) is 1. The summed E-state index contributed by atoms with van der Waals surface area (Å²) in [6.45, 7) is 0. The largest absolute Gasteiger partial charge is 0.478 e. The molecule has 0 aliphatic heterocycles. The molecule has 2 aromatic heterocycles. The van der Waals surface area contributed by atoms with Crippen molar-refractivity contribution >= 4 is 34.2 Å². The predicted octanol–water partition coefficient (Wildman–Crippen LogP) is 1.82. The van der Waals surface area contributed by atoms with E-state index in [0.29, 0.717) is 27.8 Å². The van der Waals surface area contributed by atoms with Gasteiger partial charge in [-0.05, 0) is 29.8 Å². The lowest BCUT2D eigenvalue weighted by molar-refractivity contribution is 0.0696. The van der Waals surface area contributed by atoms with Crippen LogP contribution in [-0.4, -0.2) is 31.9 Å². The third kappa shape index (κ3) is 3.77. The number of primary amides is 1. The number of carbonyl (C=O) groups excluding carboxylic acids is 1. The standard InChI is InChI=1S/C21H15N5O5/c22-18(27)15-9-23-16-7-10(14-8-24-21(31)26-19(14)28)4-5-13(16)17(15)25-12-3-1-2-11(6-12)20(29)30/h1-9H,(H2,22,27)(H,23,25)(H,29,30)(H2,24,26,28,31). The van der Waals surface area contributed by atoms with Gasteiger partial charge in [0, 0.05) is 23.5 Å². The number of amides is 1. The van der Waals surface area contributed by atoms with Crippen LogP contribution in [0.4, 0.5) is 11.4 Å². The zero-order valence-electron chi connectivity index (χ0n) is 15.8. The Hall–Kier alpha value is -4.73. The van der Waals surface area contributed by atoms with Crippen LogP contribution in [0.15, 0.2) is 64.4 Å². The number of hydrogen-bond donors (Lipinski definition) is 5. The summed E-state index contributed by atoms with van der Waals surface area (Å²) in [6, 6.07) is 11.0. The van der Waals surface area contributed by atoms with E-state index < -0.39 is 23.1 Å². The molecule has 0 radical (unpaired) electrons. The van der Waals surface area contributed by atoms with Gasteiger partial charge in [0.1, 0.15) is 0 Å². The summed E-state index contributed by atoms with van der Waals surface area (Å²) < 4.78 is 0. The topological polar surface area (TPSA) is 171 Å². The Morgan fingerprint density at radius 2 is 1.90 bits per heavy atom. The maximum atomic E-state index is 12.1. The molecule has 0 spiro atoms. The molecule has 4 aromatic rings. The number of aromatic amines is 2. The van der Waals surface area contributed by atoms with Gasteiger partial charge in [-0.15, -0.1) is 0 Å². The van der Waals surface area contributed by atoms with Gasteiger partial charge in [-0.25, -0.2) is 9.59 Å². The van der Waals surface area contributed by atoms with Crippen molar-refractivity contribution in [3.8, 4) is 11.1 Å². The number of carboxylic acids is 1. The van der Waals surface area contributed by atoms with Crippen LogP contribution in [0.25, 0.3) is 22.0 Å². The lowest BCUT2D eigenvalue weighted by Gasteiger charge is -2.14. The number of nitrogens with one attached hydrogen (secondary N) is 3. The molecule has 0 aliphatic carbocycles. The van der Waals surface area contributed by atoms with Crippen molar-refractivity contribution in [2.75, 3.05) is 5.32 Å². The third-order valence-corrected chi connectivity index (χ3v) is 4.64. The second-order valence-corrected chi connectivity index (χ2v) is 6.64. The molecule has 6 N–H and O–H groups in total. The van der Waals surface area contributed by atoms with Crippen LogP contribution in [0.3, 0.4) is 0 Å². The minimum Gasteiger partial charge on any atom is -0.478 e. The van der Waals surface area contributed by atoms with Gasteiger partial charge in [0.15, 0.2) is 0 Å². The average molecular weight is 417 g/mol. The number of carbonyl (C=O) groups is 2. The van der Waals surface area contributed by atoms with Gasteiger partial charge in [-0.1, -0.05) is 18.2 Å². The highest BCUT2D eigenvalue weighted by Crippen LogP contribution is 2.31. The van der Waals surface area contributed by atoms with Crippen molar-refractivity contribution in [3.05, 3.63) is 86.8 Å². The fraction of sp³-hybridized carbons (Fsp3) is 0. The number of pyridine rings is 1. The Labute approximate surface area is 173 Å². The van der Waals surface area contributed by atoms with Crippen molar-refractivity contribution in [3.63, 3.8) is 0 Å². The van der Waals surface area contributed by atoms with E-state index in [2.05, 4.69) is 20.3 Å². The summed E-state index contributed by atoms with van der Waals surface area (Å²) in [4.78, 5) is 55.4. The van der Waals surface area contributed by atoms with E-state index in [1.54, 1.807) is 30.3 Å². The number of aromatic carboxylic acids is 1. The lowest BCUT2D eigenvalue weighted by atomic mass is 10.0. The minimum absolute atomic E-state index is 0.0727. The molecule has 2 aromatic carbocycles. The summed E-state index contributed by atoms with van der Waals surface area (Å²) in [7, 11) is 0. The van der Waals surface area contributed by atoms with Crippen molar-refractivity contribution in [2.45, 2.75) is 0 Å². The van der Waals surface area contributed by atoms with E-state index in [9.17, 15) is 24.3 Å². The Balaban J connectivity index is 1.87. The quantitative estimate of drug-likeness (QED) is 0.329. The Morgan fingerprint density at radius 1 is 1.10 bits per heavy atom. The normalized spacial score (nSPS) is 10.7. The number of H-pyrrole nitrogens is 2. The molecule has 10 nitrogen and oxygen atoms in total. The van der Waals surface area contributed by atoms with Crippen LogP contribution in [0.2, 0.25) is 0 Å². The number of anilines is 2. The molecule has 1 amide bonds. The summed E-state index contributed by atoms with van der Waals surface area (Å²) >= 11 is 0. The molecule has 0 saturated heterocycles. The Bertz CT molecular complexity index is 1470. The molecule has 0 bridgehead atoms. The highest BCUT2D eigenvalue weighted by atomic mass is 16.4. The molecular weight excluding hydrogens is 402 g/mol. The van der Waals surface area contributed by atoms with E-state index in [0.717, 1.165) is 0 Å². The Kier molecular flexibility index (Phi) is 4.80. The molecular formula is C21H15N5O5. The zero-order valence-corrected chi connectivity index (χ0v) is 15.8. The highest BCUT2D eigenvalue weighted by molar-refractivity contribution is 6.08. The van der Waals surface area contributed by atoms with E-state index in [4.69, 9.17) is 5.73 Å². The monoisotopic (exact) mass is 417 g/mol. The molecule has 154 valence electrons. The van der Waals surface area contributed by atoms with E-state index in [-0.39, 0.29) is 16.7 Å². The van der Waals surface area contributed by atoms with E-state index in [1.807, 2.05) is 0 Å². The van der Waals surface area contributed by atoms with Crippen LogP contribution in [0.5, 0.6) is 0 Å². The van der Waals surface area contributed by atoms with E-state index >= 15 is 0 Å². The van der Waals surface area contributed by atoms with Crippen LogP contribution in [0, 0.1) is 0 Å². The number of nitrogens with zero attached hydrogens (tertiary/aromatic N) is 1. The van der Waals surface area contributed by atoms with Gasteiger partial charge in [0.25, 0.3) is 11.5 Å². The number of fused-ring (bicyclic) bond motifs is 1. The van der Waals surface area contributed by atoms with Gasteiger partial charge in [-0.2, -0.15) is 0 Å². The first-order chi connectivity index (χ1) is 14.8. The molecule has 31 heavy (non-hydrogen) atoms. The van der Waals surface area contributed by atoms with Gasteiger partial charge in [0.05, 0.1) is 27.9 Å². The van der Waals surface area contributed by atoms with Crippen LogP contribution >= 0.6 is 0 Å². The second-order valence-electron chi connectivity index (χ2n) is 6.64. The number of hydrogen-bond acceptors (Lipinski definition) is 6. The van der Waals surface area contributed by atoms with E-state index in [1.165, 1.54) is 24.5 Å². The molecule has 0 atom stereocenters. The summed E-state index contributed by atoms with van der Waals surface area (Å²) in [5.74, 6) is -1.80. The van der Waals surface area contributed by atoms with Crippen molar-refractivity contribution in [2.24, 2.45) is 5.73 Å². The summed E-state index contributed by atoms with van der Waals surface area (Å²) in [5.41, 5.74) is 6.50. The zero-order chi connectivity index (χ0) is 22.1. The molecule has 0 unspecified atom stereocenters. The highest BCUT2D eigenvalue weighted by Gasteiger charge is 2.15. The second kappa shape index (κ2) is 7.59. The van der Waals surface area contributed by atoms with Crippen molar-refractivity contribution < 1.29 is 14.7 Å². The van der Waals surface area contributed by atoms with Gasteiger partial charge in [-0.3, -0.25) is 19.6 Å². The fourth-order valence-corrected chi connectivity index (χ4v) is 3.18. The first kappa shape index (κ1) is 19.6. The molecule has 0 aliphatic rings. The maximum Gasteiger partial charge on any atom is 0.335 e. The van der Waals surface area contributed by atoms with Crippen LogP contribution in [-0.2, 0) is 0 Å². The van der Waals surface area contributed by atoms with Crippen LogP contribution in [0.1, 0.15) is 20.7 Å². The fourth-order valence-electron chi connectivity index (χ4n) is 3.18. The molecule has 2 heterocycles. The number of benzene rings is 2. The third-order valence-electron chi connectivity index (χ3n) is 4.64. The maximum absolute atomic E-state index is 12.1. The molecule has 0 fully saturated rings. The average Bonchev–Trinajstić information content (AvgIpc) is 2.73. The SMILES string of the molecule is NC(=O)c1cnc2cc(-c3c[nH]c(=O)[nH]c3=O)ccc2c1Nc1cccc(C(=O)O)c1. The number of rotatable bonds is 5. The first-order valence-electron chi connectivity index (χ1n) is 8.99. The van der Waals surface area contributed by atoms with Crippen molar-refractivity contribution in [1.82, 2.24) is 15.0 Å². The Morgan fingerprint density at radius 3 is 2.61 bits per heavy atom. The van der Waals surface area contributed by atoms with Crippen LogP contribution < -0.4 is 22.3 Å². The number of aromatic nitrogens is 3. The molecule has 4 rings (SSSR count). The molecule has 0 saturated carbocycles. The predicted molar refractivity (Wildman–Crippen MR) is 114 cm³/mol. The summed E-state index contributed by atoms with van der Waals surface area (Å²) in [6.07, 6.45) is 2.60. The smallest absolute Gasteiger partial charge is 0.335 e. The number of nitrogens with two attached hydrogens (primary N) is 1. The summed E-state index contributed by atoms with van der Waals surface area (Å²) in [5, 5.41) is 12.8. The minimum atomic E-state index is -1.09. The van der Waals surface area contributed by atoms with Gasteiger partial charge < -0.3 is 21.1 Å². The van der Waals surface area contributed by atoms with Crippen molar-refractivity contribution in [1.29, 1.82) is 0 Å². The van der Waals surface area contributed by atoms with Gasteiger partial charge >= 0.3 is 11.7 Å². The molecule has 10 heteroatoms. The first-order valence-corrected chi connectivity index (χ1v) is 8.99. The van der Waals surface area contributed by atoms with Gasteiger partial charge in [0.2, 0.25) is 0 Å². The lowest BCUT2D eigenvalue weighted by Crippen LogP contribution is -2.22.